The zero-order chi connectivity index (χ0) is 21.1. The number of nitro groups is 2. The van der Waals surface area contributed by atoms with Crippen molar-refractivity contribution in [2.75, 3.05) is 0 Å². The van der Waals surface area contributed by atoms with Gasteiger partial charge in [0.25, 0.3) is 11.4 Å². The van der Waals surface area contributed by atoms with Gasteiger partial charge in [0.1, 0.15) is 0 Å². The van der Waals surface area contributed by atoms with E-state index in [0.29, 0.717) is 29.1 Å². The lowest BCUT2D eigenvalue weighted by atomic mass is 10.1. The first-order chi connectivity index (χ1) is 14.6. The first-order valence-corrected chi connectivity index (χ1v) is 9.27. The third-order valence-corrected chi connectivity index (χ3v) is 4.92. The molecule has 1 aromatic heterocycles. The molecule has 0 aliphatic heterocycles. The summed E-state index contributed by atoms with van der Waals surface area (Å²) in [5, 5.41) is 23.2. The molecule has 0 atom stereocenters. The lowest BCUT2D eigenvalue weighted by Gasteiger charge is -2.14. The first kappa shape index (κ1) is 19.1. The molecule has 7 heteroatoms. The molecule has 1 heterocycles. The number of rotatable bonds is 6. The second-order valence-electron chi connectivity index (χ2n) is 6.72. The van der Waals surface area contributed by atoms with E-state index in [1.165, 1.54) is 12.1 Å². The summed E-state index contributed by atoms with van der Waals surface area (Å²) in [6.45, 7) is 0.413. The van der Waals surface area contributed by atoms with Crippen LogP contribution in [0.1, 0.15) is 5.56 Å². The third-order valence-electron chi connectivity index (χ3n) is 4.92. The molecular weight excluding hydrogens is 382 g/mol. The van der Waals surface area contributed by atoms with Gasteiger partial charge in [-0.2, -0.15) is 0 Å². The maximum atomic E-state index is 11.6. The van der Waals surface area contributed by atoms with Crippen molar-refractivity contribution in [2.45, 2.75) is 6.54 Å². The van der Waals surface area contributed by atoms with Gasteiger partial charge in [0.2, 0.25) is 0 Å². The van der Waals surface area contributed by atoms with E-state index in [9.17, 15) is 20.2 Å². The van der Waals surface area contributed by atoms with Gasteiger partial charge in [-0.05, 0) is 29.8 Å². The maximum Gasteiger partial charge on any atom is 0.278 e. The highest BCUT2D eigenvalue weighted by Crippen LogP contribution is 2.37. The third kappa shape index (κ3) is 3.56. The van der Waals surface area contributed by atoms with E-state index < -0.39 is 9.85 Å². The van der Waals surface area contributed by atoms with Crippen LogP contribution in [-0.2, 0) is 6.54 Å². The number of nitro benzene ring substituents is 2. The van der Waals surface area contributed by atoms with E-state index in [4.69, 9.17) is 0 Å². The van der Waals surface area contributed by atoms with Gasteiger partial charge in [0.15, 0.2) is 0 Å². The van der Waals surface area contributed by atoms with E-state index in [2.05, 4.69) is 0 Å². The van der Waals surface area contributed by atoms with Gasteiger partial charge in [0, 0.05) is 18.7 Å². The average Bonchev–Trinajstić information content (AvgIpc) is 3.17. The Kier molecular flexibility index (Phi) is 5.09. The van der Waals surface area contributed by atoms with Crippen molar-refractivity contribution in [3.63, 3.8) is 0 Å². The van der Waals surface area contributed by atoms with Crippen molar-refractivity contribution < 1.29 is 9.85 Å². The highest BCUT2D eigenvalue weighted by Gasteiger charge is 2.23. The summed E-state index contributed by atoms with van der Waals surface area (Å²) in [4.78, 5) is 22.4. The molecule has 0 spiro atoms. The van der Waals surface area contributed by atoms with E-state index in [-0.39, 0.29) is 11.4 Å². The summed E-state index contributed by atoms with van der Waals surface area (Å²) in [5.74, 6) is 0. The van der Waals surface area contributed by atoms with Gasteiger partial charge >= 0.3 is 0 Å². The summed E-state index contributed by atoms with van der Waals surface area (Å²) < 4.78 is 1.89. The molecule has 3 aromatic carbocycles. The van der Waals surface area contributed by atoms with Crippen molar-refractivity contribution in [1.82, 2.24) is 4.57 Å². The van der Waals surface area contributed by atoms with Gasteiger partial charge < -0.3 is 4.57 Å². The standard InChI is InChI=1S/C23H17N3O4/c27-25(28)22-12-6-4-10-18(22)20-14-15-21(19-11-5-7-13-23(19)26(29)30)24(20)16-17-8-2-1-3-9-17/h1-15H,16H2. The van der Waals surface area contributed by atoms with Crippen molar-refractivity contribution >= 4 is 11.4 Å². The van der Waals surface area contributed by atoms with E-state index >= 15 is 0 Å². The summed E-state index contributed by atoms with van der Waals surface area (Å²) in [6.07, 6.45) is 0. The minimum absolute atomic E-state index is 0.0148. The van der Waals surface area contributed by atoms with Crippen LogP contribution in [0, 0.1) is 20.2 Å². The lowest BCUT2D eigenvalue weighted by molar-refractivity contribution is -0.384. The number of para-hydroxylation sites is 2. The summed E-state index contributed by atoms with van der Waals surface area (Å²) in [5.41, 5.74) is 3.12. The Morgan fingerprint density at radius 2 is 1.03 bits per heavy atom. The maximum absolute atomic E-state index is 11.6. The molecule has 0 unspecified atom stereocenters. The molecule has 0 radical (unpaired) electrons. The molecule has 0 fully saturated rings. The van der Waals surface area contributed by atoms with Gasteiger partial charge in [-0.3, -0.25) is 20.2 Å². The number of benzene rings is 3. The van der Waals surface area contributed by atoms with Gasteiger partial charge in [-0.15, -0.1) is 0 Å². The second-order valence-corrected chi connectivity index (χ2v) is 6.72. The predicted octanol–water partition coefficient (Wildman–Crippen LogP) is 5.69. The van der Waals surface area contributed by atoms with Crippen molar-refractivity contribution in [3.05, 3.63) is 117 Å². The topological polar surface area (TPSA) is 91.2 Å². The molecule has 148 valence electrons. The van der Waals surface area contributed by atoms with Crippen LogP contribution in [0.4, 0.5) is 11.4 Å². The number of nitrogens with zero attached hydrogens (tertiary/aromatic N) is 3. The molecule has 0 aliphatic carbocycles. The molecule has 4 aromatic rings. The minimum Gasteiger partial charge on any atom is -0.336 e. The van der Waals surface area contributed by atoms with Crippen LogP contribution in [0.3, 0.4) is 0 Å². The van der Waals surface area contributed by atoms with E-state index in [1.807, 2.05) is 34.9 Å². The minimum atomic E-state index is -0.417. The molecular formula is C23H17N3O4. The zero-order valence-electron chi connectivity index (χ0n) is 15.8. The predicted molar refractivity (Wildman–Crippen MR) is 114 cm³/mol. The van der Waals surface area contributed by atoms with E-state index in [1.54, 1.807) is 48.5 Å². The van der Waals surface area contributed by atoms with Crippen LogP contribution in [-0.4, -0.2) is 14.4 Å². The largest absolute Gasteiger partial charge is 0.336 e. The van der Waals surface area contributed by atoms with Crippen molar-refractivity contribution in [3.8, 4) is 22.5 Å². The number of hydrogen-bond acceptors (Lipinski definition) is 4. The number of aromatic nitrogens is 1. The molecule has 0 amide bonds. The molecule has 0 saturated carbocycles. The van der Waals surface area contributed by atoms with Crippen LogP contribution in [0.15, 0.2) is 91.0 Å². The fourth-order valence-electron chi connectivity index (χ4n) is 3.57. The molecule has 4 rings (SSSR count). The summed E-state index contributed by atoms with van der Waals surface area (Å²) in [6, 6.07) is 26.2. The highest BCUT2D eigenvalue weighted by molar-refractivity contribution is 5.78. The molecule has 7 nitrogen and oxygen atoms in total. The van der Waals surface area contributed by atoms with Gasteiger partial charge in [-0.25, -0.2) is 0 Å². The van der Waals surface area contributed by atoms with Crippen LogP contribution < -0.4 is 0 Å². The summed E-state index contributed by atoms with van der Waals surface area (Å²) in [7, 11) is 0. The normalized spacial score (nSPS) is 10.7. The molecule has 0 saturated heterocycles. The fourth-order valence-corrected chi connectivity index (χ4v) is 3.57. The lowest BCUT2D eigenvalue weighted by Crippen LogP contribution is -2.05. The molecule has 0 bridgehead atoms. The monoisotopic (exact) mass is 399 g/mol. The first-order valence-electron chi connectivity index (χ1n) is 9.27. The zero-order valence-corrected chi connectivity index (χ0v) is 15.8. The Labute approximate surface area is 172 Å². The van der Waals surface area contributed by atoms with Crippen LogP contribution >= 0.6 is 0 Å². The van der Waals surface area contributed by atoms with Crippen molar-refractivity contribution in [2.24, 2.45) is 0 Å². The molecule has 30 heavy (non-hydrogen) atoms. The average molecular weight is 399 g/mol. The quantitative estimate of drug-likeness (QED) is 0.308. The number of hydrogen-bond donors (Lipinski definition) is 0. The van der Waals surface area contributed by atoms with Crippen LogP contribution in [0.2, 0.25) is 0 Å². The Morgan fingerprint density at radius 3 is 1.50 bits per heavy atom. The Morgan fingerprint density at radius 1 is 0.600 bits per heavy atom. The van der Waals surface area contributed by atoms with Crippen molar-refractivity contribution in [1.29, 1.82) is 0 Å². The fraction of sp³-hybridized carbons (Fsp3) is 0.0435. The van der Waals surface area contributed by atoms with Crippen LogP contribution in [0.5, 0.6) is 0 Å². The Balaban J connectivity index is 1.96. The van der Waals surface area contributed by atoms with Gasteiger partial charge in [-0.1, -0.05) is 54.6 Å². The Hall–Kier alpha value is -4.26. The van der Waals surface area contributed by atoms with E-state index in [0.717, 1.165) is 5.56 Å². The smallest absolute Gasteiger partial charge is 0.278 e. The molecule has 0 N–H and O–H groups in total. The highest BCUT2D eigenvalue weighted by atomic mass is 16.6. The second kappa shape index (κ2) is 8.00. The van der Waals surface area contributed by atoms with Gasteiger partial charge in [0.05, 0.1) is 32.4 Å². The molecule has 0 aliphatic rings. The van der Waals surface area contributed by atoms with Crippen LogP contribution in [0.25, 0.3) is 22.5 Å². The SMILES string of the molecule is O=[N+]([O-])c1ccccc1-c1ccc(-c2ccccc2[N+](=O)[O-])n1Cc1ccccc1. The summed E-state index contributed by atoms with van der Waals surface area (Å²) >= 11 is 0. The Bertz CT molecular complexity index is 1160.